The molecule has 110 valence electrons. The summed E-state index contributed by atoms with van der Waals surface area (Å²) in [5, 5.41) is 14.2. The molecular formula is C14H14BrN3O3. The molecule has 0 aliphatic heterocycles. The summed E-state index contributed by atoms with van der Waals surface area (Å²) in [6, 6.07) is 12.1. The standard InChI is InChI=1S/C14H14BrN3O3/c1-17-12(7-8-13(17)18(20)21)14(19)16-11(9-15)10-5-3-2-4-6-10/h2-8,11H,9H2,1H3,(H,16,19). The molecule has 0 fully saturated rings. The number of carbonyl (C=O) groups is 1. The van der Waals surface area contributed by atoms with E-state index >= 15 is 0 Å². The summed E-state index contributed by atoms with van der Waals surface area (Å²) in [6.45, 7) is 0. The summed E-state index contributed by atoms with van der Waals surface area (Å²) in [4.78, 5) is 22.6. The van der Waals surface area contributed by atoms with Crippen LogP contribution in [-0.4, -0.2) is 20.7 Å². The Kier molecular flexibility index (Phi) is 4.74. The molecule has 0 radical (unpaired) electrons. The van der Waals surface area contributed by atoms with Crippen LogP contribution in [0.25, 0.3) is 0 Å². The van der Waals surface area contributed by atoms with Crippen LogP contribution in [0.15, 0.2) is 42.5 Å². The molecular weight excluding hydrogens is 338 g/mol. The van der Waals surface area contributed by atoms with Crippen molar-refractivity contribution in [2.75, 3.05) is 5.33 Å². The van der Waals surface area contributed by atoms with Crippen LogP contribution < -0.4 is 5.32 Å². The lowest BCUT2D eigenvalue weighted by Gasteiger charge is -2.16. The Morgan fingerprint density at radius 3 is 2.52 bits per heavy atom. The number of halogens is 1. The van der Waals surface area contributed by atoms with Gasteiger partial charge in [0.05, 0.1) is 13.1 Å². The maximum atomic E-state index is 12.3. The van der Waals surface area contributed by atoms with Gasteiger partial charge in [0, 0.05) is 11.4 Å². The Hall–Kier alpha value is -2.15. The van der Waals surface area contributed by atoms with Crippen LogP contribution >= 0.6 is 15.9 Å². The average molecular weight is 352 g/mol. The van der Waals surface area contributed by atoms with E-state index in [1.165, 1.54) is 23.7 Å². The highest BCUT2D eigenvalue weighted by atomic mass is 79.9. The number of nitro groups is 1. The van der Waals surface area contributed by atoms with E-state index in [4.69, 9.17) is 0 Å². The number of aromatic nitrogens is 1. The van der Waals surface area contributed by atoms with Crippen LogP contribution in [0.5, 0.6) is 0 Å². The molecule has 0 aliphatic carbocycles. The first kappa shape index (κ1) is 15.2. The van der Waals surface area contributed by atoms with Gasteiger partial charge in [-0.15, -0.1) is 0 Å². The molecule has 2 rings (SSSR count). The topological polar surface area (TPSA) is 77.2 Å². The van der Waals surface area contributed by atoms with Crippen LogP contribution in [0, 0.1) is 10.1 Å². The summed E-state index contributed by atoms with van der Waals surface area (Å²) in [5.74, 6) is -0.464. The van der Waals surface area contributed by atoms with Gasteiger partial charge in [-0.2, -0.15) is 0 Å². The van der Waals surface area contributed by atoms with E-state index in [2.05, 4.69) is 21.2 Å². The first-order valence-corrected chi connectivity index (χ1v) is 7.38. The van der Waals surface area contributed by atoms with Crippen molar-refractivity contribution in [2.45, 2.75) is 6.04 Å². The van der Waals surface area contributed by atoms with Gasteiger partial charge in [0.2, 0.25) is 0 Å². The lowest BCUT2D eigenvalue weighted by atomic mass is 10.1. The fourth-order valence-corrected chi connectivity index (χ4v) is 2.58. The lowest BCUT2D eigenvalue weighted by molar-refractivity contribution is -0.391. The SMILES string of the molecule is Cn1c(C(=O)NC(CBr)c2ccccc2)ccc1[N+](=O)[O-]. The van der Waals surface area contributed by atoms with E-state index in [0.717, 1.165) is 5.56 Å². The van der Waals surface area contributed by atoms with Crippen molar-refractivity contribution in [1.29, 1.82) is 0 Å². The lowest BCUT2D eigenvalue weighted by Crippen LogP contribution is -2.30. The van der Waals surface area contributed by atoms with Crippen molar-refractivity contribution in [2.24, 2.45) is 7.05 Å². The second-order valence-corrected chi connectivity index (χ2v) is 5.13. The molecule has 0 spiro atoms. The van der Waals surface area contributed by atoms with Gasteiger partial charge in [0.25, 0.3) is 5.91 Å². The zero-order chi connectivity index (χ0) is 15.4. The average Bonchev–Trinajstić information content (AvgIpc) is 2.87. The fraction of sp³-hybridized carbons (Fsp3) is 0.214. The molecule has 7 heteroatoms. The first-order chi connectivity index (χ1) is 10.0. The van der Waals surface area contributed by atoms with Crippen LogP contribution in [0.4, 0.5) is 5.82 Å². The van der Waals surface area contributed by atoms with Gasteiger partial charge >= 0.3 is 5.82 Å². The Labute approximate surface area is 130 Å². The summed E-state index contributed by atoms with van der Waals surface area (Å²) < 4.78 is 1.27. The number of amides is 1. The van der Waals surface area contributed by atoms with Crippen LogP contribution in [0.1, 0.15) is 22.1 Å². The number of rotatable bonds is 5. The van der Waals surface area contributed by atoms with E-state index < -0.39 is 4.92 Å². The van der Waals surface area contributed by atoms with Gasteiger partial charge in [-0.25, -0.2) is 4.57 Å². The minimum atomic E-state index is -0.518. The molecule has 1 aromatic carbocycles. The molecule has 1 aromatic heterocycles. The highest BCUT2D eigenvalue weighted by molar-refractivity contribution is 9.09. The summed E-state index contributed by atoms with van der Waals surface area (Å²) >= 11 is 3.37. The van der Waals surface area contributed by atoms with Gasteiger partial charge in [0.1, 0.15) is 0 Å². The Bertz CT molecular complexity index is 655. The predicted molar refractivity (Wildman–Crippen MR) is 82.5 cm³/mol. The van der Waals surface area contributed by atoms with E-state index in [1.54, 1.807) is 0 Å². The molecule has 1 heterocycles. The minimum Gasteiger partial charge on any atom is -0.358 e. The number of benzene rings is 1. The van der Waals surface area contributed by atoms with Crippen LogP contribution in [0.2, 0.25) is 0 Å². The van der Waals surface area contributed by atoms with Crippen molar-refractivity contribution in [3.05, 3.63) is 63.8 Å². The number of nitrogens with one attached hydrogen (secondary N) is 1. The molecule has 0 saturated carbocycles. The van der Waals surface area contributed by atoms with E-state index in [9.17, 15) is 14.9 Å². The maximum Gasteiger partial charge on any atom is 0.323 e. The summed E-state index contributed by atoms with van der Waals surface area (Å²) in [7, 11) is 1.50. The molecule has 1 N–H and O–H groups in total. The Morgan fingerprint density at radius 2 is 2.00 bits per heavy atom. The second-order valence-electron chi connectivity index (χ2n) is 4.48. The summed E-state index contributed by atoms with van der Waals surface area (Å²) in [5.41, 5.74) is 1.22. The zero-order valence-electron chi connectivity index (χ0n) is 11.3. The quantitative estimate of drug-likeness (QED) is 0.511. The van der Waals surface area contributed by atoms with Crippen molar-refractivity contribution < 1.29 is 9.72 Å². The number of hydrogen-bond donors (Lipinski definition) is 1. The third-order valence-electron chi connectivity index (χ3n) is 3.18. The van der Waals surface area contributed by atoms with Gasteiger partial charge in [-0.05, 0) is 16.6 Å². The second kappa shape index (κ2) is 6.53. The smallest absolute Gasteiger partial charge is 0.323 e. The van der Waals surface area contributed by atoms with Crippen LogP contribution in [0.3, 0.4) is 0 Å². The van der Waals surface area contributed by atoms with Gasteiger partial charge < -0.3 is 15.4 Å². The summed E-state index contributed by atoms with van der Waals surface area (Å²) in [6.07, 6.45) is 0. The van der Waals surface area contributed by atoms with Gasteiger partial charge in [-0.1, -0.05) is 46.3 Å². The number of nitrogens with zero attached hydrogens (tertiary/aromatic N) is 2. The molecule has 21 heavy (non-hydrogen) atoms. The molecule has 0 saturated heterocycles. The third kappa shape index (κ3) is 3.30. The van der Waals surface area contributed by atoms with E-state index in [1.807, 2.05) is 30.3 Å². The van der Waals surface area contributed by atoms with Gasteiger partial charge in [0.15, 0.2) is 5.69 Å². The van der Waals surface area contributed by atoms with Crippen LogP contribution in [-0.2, 0) is 7.05 Å². The minimum absolute atomic E-state index is 0.116. The van der Waals surface area contributed by atoms with E-state index in [-0.39, 0.29) is 23.5 Å². The normalized spacial score (nSPS) is 11.9. The van der Waals surface area contributed by atoms with Crippen molar-refractivity contribution in [3.8, 4) is 0 Å². The Balaban J connectivity index is 2.19. The largest absolute Gasteiger partial charge is 0.358 e. The van der Waals surface area contributed by atoms with Gasteiger partial charge in [-0.3, -0.25) is 4.79 Å². The molecule has 1 unspecified atom stereocenters. The highest BCUT2D eigenvalue weighted by Gasteiger charge is 2.22. The molecule has 1 atom stereocenters. The molecule has 2 aromatic rings. The number of alkyl halides is 1. The molecule has 0 aliphatic rings. The molecule has 1 amide bonds. The number of carbonyl (C=O) groups excluding carboxylic acids is 1. The van der Waals surface area contributed by atoms with Crippen molar-refractivity contribution in [1.82, 2.24) is 9.88 Å². The maximum absolute atomic E-state index is 12.3. The highest BCUT2D eigenvalue weighted by Crippen LogP contribution is 2.18. The van der Waals surface area contributed by atoms with E-state index in [0.29, 0.717) is 5.33 Å². The first-order valence-electron chi connectivity index (χ1n) is 6.26. The molecule has 6 nitrogen and oxygen atoms in total. The predicted octanol–water partition coefficient (Wildman–Crippen LogP) is 2.80. The third-order valence-corrected chi connectivity index (χ3v) is 3.82. The molecule has 0 bridgehead atoms. The van der Waals surface area contributed by atoms with Crippen molar-refractivity contribution in [3.63, 3.8) is 0 Å². The number of hydrogen-bond acceptors (Lipinski definition) is 3. The fourth-order valence-electron chi connectivity index (χ4n) is 2.04. The zero-order valence-corrected chi connectivity index (χ0v) is 12.9. The monoisotopic (exact) mass is 351 g/mol. The van der Waals surface area contributed by atoms with Crippen molar-refractivity contribution >= 4 is 27.7 Å². The Morgan fingerprint density at radius 1 is 1.33 bits per heavy atom.